The molecule has 6 nitrogen and oxygen atoms in total. The third kappa shape index (κ3) is 6.50. The monoisotopic (exact) mass is 1100 g/mol. The van der Waals surface area contributed by atoms with Crippen molar-refractivity contribution >= 4 is 135 Å². The third-order valence-electron chi connectivity index (χ3n) is 17.8. The van der Waals surface area contributed by atoms with Crippen molar-refractivity contribution in [3.8, 4) is 51.1 Å². The molecule has 13 aromatic carbocycles. The Morgan fingerprint density at radius 3 is 1.32 bits per heavy atom. The van der Waals surface area contributed by atoms with Crippen molar-refractivity contribution in [2.24, 2.45) is 0 Å². The lowest BCUT2D eigenvalue weighted by Crippen LogP contribution is -2.14. The summed E-state index contributed by atoms with van der Waals surface area (Å²) in [6.07, 6.45) is 0. The highest BCUT2D eigenvalue weighted by atomic mass is 32.1. The molecule has 7 heteroatoms. The van der Waals surface area contributed by atoms with Crippen molar-refractivity contribution in [1.82, 2.24) is 18.3 Å². The van der Waals surface area contributed by atoms with Crippen LogP contribution in [-0.2, 0) is 0 Å². The van der Waals surface area contributed by atoms with Crippen molar-refractivity contribution in [2.45, 2.75) is 0 Å². The molecule has 392 valence electrons. The normalized spacial score (nSPS) is 12.0. The Bertz CT molecular complexity index is 5690. The lowest BCUT2D eigenvalue weighted by atomic mass is 9.91. The van der Waals surface area contributed by atoms with E-state index in [-0.39, 0.29) is 0 Å². The van der Waals surface area contributed by atoms with Crippen LogP contribution in [0, 0.1) is 17.9 Å². The summed E-state index contributed by atoms with van der Waals surface area (Å²) < 4.78 is 11.6. The van der Waals surface area contributed by atoms with Crippen LogP contribution in [0.1, 0.15) is 5.56 Å². The highest BCUT2D eigenvalue weighted by Gasteiger charge is 2.35. The Hall–Kier alpha value is -11.5. The second kappa shape index (κ2) is 18.0. The predicted octanol–water partition coefficient (Wildman–Crippen LogP) is 21.4. The van der Waals surface area contributed by atoms with Gasteiger partial charge in [0.25, 0.3) is 0 Å². The van der Waals surface area contributed by atoms with Gasteiger partial charge in [-0.15, -0.1) is 11.3 Å². The topological polar surface area (TPSA) is 47.9 Å². The molecule has 0 N–H and O–H groups in total. The van der Waals surface area contributed by atoms with Crippen LogP contribution in [0.25, 0.3) is 168 Å². The minimum absolute atomic E-state index is 0.355. The number of nitriles is 1. The Morgan fingerprint density at radius 2 is 0.788 bits per heavy atom. The van der Waals surface area contributed by atoms with Gasteiger partial charge in [-0.3, -0.25) is 0 Å². The summed E-state index contributed by atoms with van der Waals surface area (Å²) >= 11 is 1.79. The number of rotatable bonds is 6. The van der Waals surface area contributed by atoms with Crippen LogP contribution in [0.4, 0.5) is 5.69 Å². The summed E-state index contributed by atoms with van der Waals surface area (Å²) in [5.74, 6) is 0. The fourth-order valence-corrected chi connectivity index (χ4v) is 15.6. The average molecular weight is 1100 g/mol. The highest BCUT2D eigenvalue weighted by Crippen LogP contribution is 2.54. The van der Waals surface area contributed by atoms with Crippen LogP contribution in [0.15, 0.2) is 267 Å². The molecular weight excluding hydrogens is 1050 g/mol. The van der Waals surface area contributed by atoms with Gasteiger partial charge in [0.1, 0.15) is 6.07 Å². The van der Waals surface area contributed by atoms with Crippen molar-refractivity contribution in [3.05, 3.63) is 284 Å². The zero-order chi connectivity index (χ0) is 56.0. The molecule has 5 aromatic heterocycles. The van der Waals surface area contributed by atoms with Crippen LogP contribution in [0.5, 0.6) is 0 Å². The number of para-hydroxylation sites is 6. The molecule has 0 unspecified atom stereocenters. The second-order valence-corrected chi connectivity index (χ2v) is 23.1. The van der Waals surface area contributed by atoms with Gasteiger partial charge in [-0.2, -0.15) is 5.26 Å². The van der Waals surface area contributed by atoms with E-state index in [0.29, 0.717) is 28.3 Å². The fraction of sp³-hybridized carbons (Fsp3) is 0. The molecule has 0 atom stereocenters. The number of hydrogen-bond acceptors (Lipinski definition) is 2. The summed E-state index contributed by atoms with van der Waals surface area (Å²) in [7, 11) is 0. The maximum Gasteiger partial charge on any atom is 0.237 e. The molecular formula is C78H44N6S. The standard InChI is InChI=1S/C78H44N6S/c1-80-72-73(81-63-34-12-5-25-52(63)53-26-6-13-35-64(53)81)62(46-79)74(82-65-36-14-7-27-54(65)55-28-8-15-37-66(55)82)77(76(72)83-67-38-16-9-29-56(67)57-30-10-17-39-68(57)83)84-69-44-41-49(51-33-20-24-48-23-19-32-50(71(48)51)47-21-3-2-4-22-47)45-61(69)59-42-43-60-58-31-11-18-40-70(58)85-78(60)75(59)84/h2-45H. The number of benzene rings is 13. The molecule has 0 aliphatic heterocycles. The second-order valence-electron chi connectivity index (χ2n) is 22.0. The van der Waals surface area contributed by atoms with Crippen LogP contribution < -0.4 is 0 Å². The van der Waals surface area contributed by atoms with Gasteiger partial charge in [0.15, 0.2) is 0 Å². The van der Waals surface area contributed by atoms with Gasteiger partial charge in [-0.1, -0.05) is 212 Å². The van der Waals surface area contributed by atoms with Crippen LogP contribution in [-0.4, -0.2) is 18.3 Å². The van der Waals surface area contributed by atoms with E-state index >= 15 is 0 Å². The highest BCUT2D eigenvalue weighted by molar-refractivity contribution is 7.26. The van der Waals surface area contributed by atoms with Crippen molar-refractivity contribution in [3.63, 3.8) is 0 Å². The first-order chi connectivity index (χ1) is 42.2. The maximum absolute atomic E-state index is 12.7. The van der Waals surface area contributed by atoms with Gasteiger partial charge in [-0.25, -0.2) is 4.85 Å². The summed E-state index contributed by atoms with van der Waals surface area (Å²) in [6.45, 7) is 9.94. The van der Waals surface area contributed by atoms with E-state index in [1.165, 1.54) is 26.4 Å². The number of nitrogens with zero attached hydrogens (tertiary/aromatic N) is 6. The van der Waals surface area contributed by atoms with Crippen molar-refractivity contribution < 1.29 is 0 Å². The van der Waals surface area contributed by atoms with Gasteiger partial charge in [0.2, 0.25) is 5.69 Å². The van der Waals surface area contributed by atoms with Gasteiger partial charge in [-0.05, 0) is 87.6 Å². The minimum atomic E-state index is 0.355. The van der Waals surface area contributed by atoms with Gasteiger partial charge in [0.05, 0.1) is 83.7 Å². The molecule has 0 saturated carbocycles. The molecule has 0 amide bonds. The molecule has 0 aliphatic rings. The zero-order valence-corrected chi connectivity index (χ0v) is 46.3. The number of hydrogen-bond donors (Lipinski definition) is 0. The quantitative estimate of drug-likeness (QED) is 0.153. The van der Waals surface area contributed by atoms with E-state index in [1.807, 2.05) is 0 Å². The molecule has 0 radical (unpaired) electrons. The lowest BCUT2D eigenvalue weighted by Gasteiger charge is -2.27. The SMILES string of the molecule is [C-]#[N+]c1c(-n2c3ccccc3c3ccccc32)c(C#N)c(-n2c3ccccc3c3ccccc32)c(-n2c3ccc(-c4cccc5cccc(-c6ccccc6)c45)cc3c3ccc4c5ccccc5sc4c32)c1-n1c2ccccc2c2ccccc21. The van der Waals surface area contributed by atoms with Crippen LogP contribution in [0.3, 0.4) is 0 Å². The molecule has 0 spiro atoms. The first kappa shape index (κ1) is 47.2. The Morgan fingerprint density at radius 1 is 0.341 bits per heavy atom. The summed E-state index contributed by atoms with van der Waals surface area (Å²) in [6, 6.07) is 98.2. The van der Waals surface area contributed by atoms with E-state index in [4.69, 9.17) is 4.85 Å². The van der Waals surface area contributed by atoms with E-state index < -0.39 is 0 Å². The van der Waals surface area contributed by atoms with E-state index in [0.717, 1.165) is 120 Å². The van der Waals surface area contributed by atoms with Crippen LogP contribution >= 0.6 is 11.3 Å². The summed E-state index contributed by atoms with van der Waals surface area (Å²) in [5.41, 5.74) is 15.4. The number of aromatic nitrogens is 4. The molecule has 18 aromatic rings. The lowest BCUT2D eigenvalue weighted by molar-refractivity contribution is 1.03. The fourth-order valence-electron chi connectivity index (χ4n) is 14.4. The third-order valence-corrected chi connectivity index (χ3v) is 19.0. The molecule has 0 saturated heterocycles. The molecule has 5 heterocycles. The maximum atomic E-state index is 12.7. The first-order valence-electron chi connectivity index (χ1n) is 28.6. The Kier molecular flexibility index (Phi) is 10.00. The Labute approximate surface area is 490 Å². The molecule has 0 fully saturated rings. The van der Waals surface area contributed by atoms with Crippen molar-refractivity contribution in [2.75, 3.05) is 0 Å². The first-order valence-corrected chi connectivity index (χ1v) is 29.4. The van der Waals surface area contributed by atoms with E-state index in [2.05, 4.69) is 291 Å². The molecule has 0 aliphatic carbocycles. The minimum Gasteiger partial charge on any atom is -0.318 e. The van der Waals surface area contributed by atoms with Gasteiger partial charge < -0.3 is 18.3 Å². The molecule has 0 bridgehead atoms. The zero-order valence-electron chi connectivity index (χ0n) is 45.5. The van der Waals surface area contributed by atoms with Crippen LogP contribution in [0.2, 0.25) is 0 Å². The van der Waals surface area contributed by atoms with E-state index in [9.17, 15) is 11.8 Å². The number of fused-ring (bicyclic) bond motifs is 17. The van der Waals surface area contributed by atoms with Gasteiger partial charge >= 0.3 is 0 Å². The van der Waals surface area contributed by atoms with E-state index in [1.54, 1.807) is 11.3 Å². The Balaban J connectivity index is 1.12. The predicted molar refractivity (Wildman–Crippen MR) is 356 cm³/mol. The van der Waals surface area contributed by atoms with Crippen molar-refractivity contribution in [1.29, 1.82) is 5.26 Å². The summed E-state index contributed by atoms with van der Waals surface area (Å²) in [5, 5.41) is 25.8. The number of thiophene rings is 1. The average Bonchev–Trinajstić information content (AvgIpc) is 1.82. The summed E-state index contributed by atoms with van der Waals surface area (Å²) in [4.78, 5) is 4.85. The largest absolute Gasteiger partial charge is 0.318 e. The van der Waals surface area contributed by atoms with Gasteiger partial charge in [0, 0.05) is 58.6 Å². The molecule has 85 heavy (non-hydrogen) atoms. The smallest absolute Gasteiger partial charge is 0.237 e. The molecule has 18 rings (SSSR count).